The van der Waals surface area contributed by atoms with Gasteiger partial charge in [0.15, 0.2) is 17.5 Å². The molecule has 1 fully saturated rings. The van der Waals surface area contributed by atoms with Gasteiger partial charge in [0.1, 0.15) is 0 Å². The summed E-state index contributed by atoms with van der Waals surface area (Å²) in [5, 5.41) is 3.47. The lowest BCUT2D eigenvalue weighted by Gasteiger charge is -2.34. The highest BCUT2D eigenvalue weighted by atomic mass is 127. The van der Waals surface area contributed by atoms with Crippen LogP contribution in [0.4, 0.5) is 0 Å². The van der Waals surface area contributed by atoms with Gasteiger partial charge in [-0.15, -0.1) is 24.0 Å². The fraction of sp³-hybridized carbons (Fsp3) is 0.667. The molecule has 0 aliphatic carbocycles. The molecule has 0 spiro atoms. The smallest absolute Gasteiger partial charge is 0.193 e. The predicted molar refractivity (Wildman–Crippen MR) is 127 cm³/mol. The topological polar surface area (TPSA) is 64.6 Å². The average molecular weight is 521 g/mol. The predicted octanol–water partition coefficient (Wildman–Crippen LogP) is 2.96. The van der Waals surface area contributed by atoms with Gasteiger partial charge >= 0.3 is 0 Å². The first-order valence-corrected chi connectivity index (χ1v) is 9.98. The normalized spacial score (nSPS) is 15.0. The number of rotatable bonds is 10. The molecule has 29 heavy (non-hydrogen) atoms. The molecule has 1 aromatic carbocycles. The van der Waals surface area contributed by atoms with Crippen molar-refractivity contribution in [3.05, 3.63) is 23.8 Å². The van der Waals surface area contributed by atoms with E-state index in [9.17, 15) is 0 Å². The minimum absolute atomic E-state index is 0. The first-order valence-electron chi connectivity index (χ1n) is 9.98. The quantitative estimate of drug-likeness (QED) is 0.221. The summed E-state index contributed by atoms with van der Waals surface area (Å²) in [7, 11) is 6.87. The van der Waals surface area contributed by atoms with Gasteiger partial charge in [-0.3, -0.25) is 4.99 Å². The Kier molecular flexibility index (Phi) is 13.0. The average Bonchev–Trinajstić information content (AvgIpc) is 2.74. The van der Waals surface area contributed by atoms with Crippen LogP contribution < -0.4 is 14.8 Å². The number of likely N-dealkylation sites (tertiary alicyclic amines) is 1. The van der Waals surface area contributed by atoms with Crippen LogP contribution in [-0.2, 0) is 15.9 Å². The van der Waals surface area contributed by atoms with Gasteiger partial charge in [0.05, 0.1) is 20.3 Å². The highest BCUT2D eigenvalue weighted by Gasteiger charge is 2.21. The molecule has 0 unspecified atom stereocenters. The Labute approximate surface area is 192 Å². The van der Waals surface area contributed by atoms with Gasteiger partial charge in [-0.1, -0.05) is 6.07 Å². The molecule has 1 aliphatic heterocycles. The van der Waals surface area contributed by atoms with E-state index in [1.807, 2.05) is 19.2 Å². The maximum absolute atomic E-state index is 5.94. The summed E-state index contributed by atoms with van der Waals surface area (Å²) in [6.07, 6.45) is 4.25. The molecule has 1 saturated heterocycles. The number of guanidine groups is 1. The number of benzene rings is 1. The minimum atomic E-state index is 0. The number of aliphatic imine (C=N–C) groups is 1. The van der Waals surface area contributed by atoms with Gasteiger partial charge in [-0.05, 0) is 43.4 Å². The Morgan fingerprint density at radius 3 is 2.45 bits per heavy atom. The summed E-state index contributed by atoms with van der Waals surface area (Å²) in [6.45, 7) is 4.28. The second kappa shape index (κ2) is 14.7. The van der Waals surface area contributed by atoms with E-state index >= 15 is 0 Å². The van der Waals surface area contributed by atoms with E-state index in [0.717, 1.165) is 76.0 Å². The van der Waals surface area contributed by atoms with Crippen LogP contribution in [0.5, 0.6) is 11.5 Å². The van der Waals surface area contributed by atoms with Crippen LogP contribution in [0.15, 0.2) is 23.2 Å². The van der Waals surface area contributed by atoms with Crippen molar-refractivity contribution in [3.63, 3.8) is 0 Å². The van der Waals surface area contributed by atoms with Gasteiger partial charge in [0, 0.05) is 47.0 Å². The maximum atomic E-state index is 5.94. The summed E-state index contributed by atoms with van der Waals surface area (Å²) in [6, 6.07) is 6.04. The van der Waals surface area contributed by atoms with Crippen LogP contribution in [-0.4, -0.2) is 78.2 Å². The number of ether oxygens (including phenoxy) is 4. The van der Waals surface area contributed by atoms with Gasteiger partial charge in [0.25, 0.3) is 0 Å². The Balaban J connectivity index is 0.00000420. The zero-order chi connectivity index (χ0) is 20.2. The van der Waals surface area contributed by atoms with Crippen molar-refractivity contribution in [2.24, 2.45) is 4.99 Å². The number of halogens is 1. The lowest BCUT2D eigenvalue weighted by molar-refractivity contribution is 0.00992. The third kappa shape index (κ3) is 8.55. The van der Waals surface area contributed by atoms with Gasteiger partial charge in [-0.2, -0.15) is 0 Å². The molecule has 1 heterocycles. The van der Waals surface area contributed by atoms with E-state index in [4.69, 9.17) is 18.9 Å². The van der Waals surface area contributed by atoms with Gasteiger partial charge in [-0.25, -0.2) is 0 Å². The number of hydrogen-bond donors (Lipinski definition) is 1. The minimum Gasteiger partial charge on any atom is -0.493 e. The van der Waals surface area contributed by atoms with Crippen molar-refractivity contribution in [1.29, 1.82) is 0 Å². The highest BCUT2D eigenvalue weighted by molar-refractivity contribution is 14.0. The van der Waals surface area contributed by atoms with E-state index in [0.29, 0.717) is 6.10 Å². The first-order chi connectivity index (χ1) is 13.7. The van der Waals surface area contributed by atoms with Crippen molar-refractivity contribution >= 4 is 29.9 Å². The lowest BCUT2D eigenvalue weighted by Crippen LogP contribution is -2.47. The van der Waals surface area contributed by atoms with E-state index < -0.39 is 0 Å². The van der Waals surface area contributed by atoms with Crippen molar-refractivity contribution in [2.45, 2.75) is 31.8 Å². The molecule has 0 amide bonds. The fourth-order valence-electron chi connectivity index (χ4n) is 3.37. The SMILES string of the molecule is CN=C(NCCc1ccc(OC)c(OC)c1)N1CCC(OCCCOC)CC1.I. The molecular formula is C21H36IN3O4. The number of hydrogen-bond acceptors (Lipinski definition) is 5. The third-order valence-electron chi connectivity index (χ3n) is 4.94. The second-order valence-electron chi connectivity index (χ2n) is 6.82. The molecule has 0 radical (unpaired) electrons. The highest BCUT2D eigenvalue weighted by Crippen LogP contribution is 2.27. The van der Waals surface area contributed by atoms with Crippen molar-refractivity contribution in [2.75, 3.05) is 61.2 Å². The van der Waals surface area contributed by atoms with Gasteiger partial charge in [0.2, 0.25) is 0 Å². The molecule has 0 aromatic heterocycles. The summed E-state index contributed by atoms with van der Waals surface area (Å²) < 4.78 is 21.7. The Bertz CT molecular complexity index is 608. The molecule has 0 saturated carbocycles. The molecule has 0 atom stereocenters. The van der Waals surface area contributed by atoms with Crippen LogP contribution in [0.25, 0.3) is 0 Å². The zero-order valence-corrected chi connectivity index (χ0v) is 20.4. The Morgan fingerprint density at radius 2 is 1.83 bits per heavy atom. The molecule has 1 aromatic rings. The van der Waals surface area contributed by atoms with E-state index in [2.05, 4.69) is 21.3 Å². The lowest BCUT2D eigenvalue weighted by atomic mass is 10.1. The van der Waals surface area contributed by atoms with Crippen molar-refractivity contribution in [1.82, 2.24) is 10.2 Å². The summed E-state index contributed by atoms with van der Waals surface area (Å²) in [4.78, 5) is 6.75. The van der Waals surface area contributed by atoms with Crippen LogP contribution in [0.1, 0.15) is 24.8 Å². The van der Waals surface area contributed by atoms with Crippen LogP contribution in [0, 0.1) is 0 Å². The molecule has 2 rings (SSSR count). The molecular weight excluding hydrogens is 485 g/mol. The van der Waals surface area contributed by atoms with Gasteiger partial charge < -0.3 is 29.2 Å². The number of methoxy groups -OCH3 is 3. The molecule has 7 nitrogen and oxygen atoms in total. The van der Waals surface area contributed by atoms with E-state index in [1.54, 1.807) is 21.3 Å². The second-order valence-corrected chi connectivity index (χ2v) is 6.82. The van der Waals surface area contributed by atoms with Crippen LogP contribution >= 0.6 is 24.0 Å². The molecule has 1 N–H and O–H groups in total. The largest absolute Gasteiger partial charge is 0.493 e. The third-order valence-corrected chi connectivity index (χ3v) is 4.94. The molecule has 1 aliphatic rings. The monoisotopic (exact) mass is 521 g/mol. The summed E-state index contributed by atoms with van der Waals surface area (Å²) >= 11 is 0. The fourth-order valence-corrected chi connectivity index (χ4v) is 3.37. The summed E-state index contributed by atoms with van der Waals surface area (Å²) in [5.41, 5.74) is 1.20. The maximum Gasteiger partial charge on any atom is 0.193 e. The zero-order valence-electron chi connectivity index (χ0n) is 18.1. The van der Waals surface area contributed by atoms with Crippen molar-refractivity contribution < 1.29 is 18.9 Å². The van der Waals surface area contributed by atoms with Crippen LogP contribution in [0.3, 0.4) is 0 Å². The molecule has 166 valence electrons. The first kappa shape index (κ1) is 25.8. The Morgan fingerprint density at radius 1 is 1.10 bits per heavy atom. The number of nitrogens with zero attached hydrogens (tertiary/aromatic N) is 2. The van der Waals surface area contributed by atoms with E-state index in [-0.39, 0.29) is 24.0 Å². The number of piperidine rings is 1. The summed E-state index contributed by atoms with van der Waals surface area (Å²) in [5.74, 6) is 2.47. The van der Waals surface area contributed by atoms with Crippen molar-refractivity contribution in [3.8, 4) is 11.5 Å². The van der Waals surface area contributed by atoms with E-state index in [1.165, 1.54) is 5.56 Å². The Hall–Kier alpha value is -1.26. The van der Waals surface area contributed by atoms with Crippen LogP contribution in [0.2, 0.25) is 0 Å². The standard InChI is InChI=1S/C21H35N3O4.HI/c1-22-21(24-12-9-18(10-13-24)28-15-5-14-25-2)23-11-8-17-6-7-19(26-3)20(16-17)27-4;/h6-7,16,18H,5,8-15H2,1-4H3,(H,22,23);1H. The number of nitrogens with one attached hydrogen (secondary N) is 1. The molecule has 0 bridgehead atoms. The molecule has 8 heteroatoms.